The van der Waals surface area contributed by atoms with Crippen molar-refractivity contribution in [1.29, 1.82) is 0 Å². The fraction of sp³-hybridized carbons (Fsp3) is 0.914. The minimum atomic E-state index is -0.653. The zero-order valence-corrected chi connectivity index (χ0v) is 43.5. The van der Waals surface area contributed by atoms with Crippen molar-refractivity contribution in [3.05, 3.63) is 12.2 Å². The highest BCUT2D eigenvalue weighted by molar-refractivity contribution is 5.91. The first-order valence-corrected chi connectivity index (χ1v) is 28.7. The van der Waals surface area contributed by atoms with E-state index in [1.54, 1.807) is 0 Å². The van der Waals surface area contributed by atoms with E-state index < -0.39 is 17.9 Å². The Morgan fingerprint density at radius 1 is 0.281 bits per heavy atom. The molecule has 0 rings (SSSR count). The van der Waals surface area contributed by atoms with Crippen molar-refractivity contribution < 1.29 is 29.0 Å². The molecule has 6 nitrogen and oxygen atoms in total. The number of unbranched alkanes of at least 4 members (excludes halogenated alkanes) is 44. The quantitative estimate of drug-likeness (QED) is 0.0371. The van der Waals surface area contributed by atoms with Gasteiger partial charge in [-0.1, -0.05) is 303 Å². The first-order chi connectivity index (χ1) is 31.5. The molecule has 0 saturated heterocycles. The van der Waals surface area contributed by atoms with E-state index in [-0.39, 0.29) is 0 Å². The highest BCUT2D eigenvalue weighted by Crippen LogP contribution is 2.17. The number of hydrogen-bond acceptors (Lipinski definition) is 5. The number of carboxylic acids is 1. The molecule has 0 spiro atoms. The van der Waals surface area contributed by atoms with Crippen LogP contribution in [-0.4, -0.2) is 36.2 Å². The van der Waals surface area contributed by atoms with E-state index in [4.69, 9.17) is 14.6 Å². The van der Waals surface area contributed by atoms with E-state index in [1.807, 2.05) is 0 Å². The molecule has 64 heavy (non-hydrogen) atoms. The molecule has 0 fully saturated rings. The van der Waals surface area contributed by atoms with Crippen molar-refractivity contribution in [2.24, 2.45) is 0 Å². The monoisotopic (exact) mass is 905 g/mol. The Hall–Kier alpha value is -1.85. The maximum absolute atomic E-state index is 11.8. The van der Waals surface area contributed by atoms with Gasteiger partial charge in [-0.25, -0.2) is 9.59 Å². The van der Waals surface area contributed by atoms with Crippen LogP contribution in [0.3, 0.4) is 0 Å². The van der Waals surface area contributed by atoms with Crippen LogP contribution in [0.15, 0.2) is 12.2 Å². The molecule has 6 heteroatoms. The van der Waals surface area contributed by atoms with Gasteiger partial charge in [0, 0.05) is 18.6 Å². The van der Waals surface area contributed by atoms with Gasteiger partial charge in [-0.2, -0.15) is 0 Å². The standard InChI is InChI=1S/C40H76O4.C18H36O2/c1-3-5-7-9-11-13-15-17-19-21-23-25-27-29-31-33-37-43-39(41)35-36-40(42)44-38-34-32-30-28-26-24-22-20-18-16-14-12-10-8-6-4-2;1-2-3-4-5-6-7-8-9-10-11-12-13-14-15-16-17-18(19)20/h35-36H,3-34,37-38H2,1-2H3;2-17H2,1H3,(H,19,20)/b36-35+;. The number of carbonyl (C=O) groups is 3. The lowest BCUT2D eigenvalue weighted by Gasteiger charge is -2.04. The molecule has 1 N–H and O–H groups in total. The summed E-state index contributed by atoms with van der Waals surface area (Å²) < 4.78 is 10.4. The number of esters is 2. The summed E-state index contributed by atoms with van der Waals surface area (Å²) in [5, 5.41) is 8.52. The van der Waals surface area contributed by atoms with Crippen molar-refractivity contribution in [3.63, 3.8) is 0 Å². The number of hydrogen-bond donors (Lipinski definition) is 1. The SMILES string of the molecule is CCCCCCCCCCCCCCCCCC(=O)O.CCCCCCCCCCCCCCCCCCOC(=O)/C=C/C(=O)OCCCCCCCCCCCCCCCCCC. The summed E-state index contributed by atoms with van der Waals surface area (Å²) in [5.41, 5.74) is 0. The van der Waals surface area contributed by atoms with Crippen molar-refractivity contribution >= 4 is 17.9 Å². The average molecular weight is 906 g/mol. The third-order valence-corrected chi connectivity index (χ3v) is 12.8. The molecular weight excluding hydrogens is 793 g/mol. The molecule has 0 amide bonds. The smallest absolute Gasteiger partial charge is 0.331 e. The summed E-state index contributed by atoms with van der Waals surface area (Å²) in [5.74, 6) is -1.56. The van der Waals surface area contributed by atoms with Gasteiger partial charge in [0.25, 0.3) is 0 Å². The number of rotatable bonds is 52. The van der Waals surface area contributed by atoms with E-state index in [9.17, 15) is 14.4 Å². The third kappa shape index (κ3) is 62.2. The summed E-state index contributed by atoms with van der Waals surface area (Å²) in [6, 6.07) is 0. The van der Waals surface area contributed by atoms with Crippen molar-refractivity contribution in [2.45, 2.75) is 329 Å². The molecule has 0 radical (unpaired) electrons. The Labute approximate surface area is 399 Å². The van der Waals surface area contributed by atoms with Gasteiger partial charge in [-0.05, 0) is 19.3 Å². The van der Waals surface area contributed by atoms with Gasteiger partial charge in [-0.15, -0.1) is 0 Å². The normalized spacial score (nSPS) is 11.2. The minimum absolute atomic E-state index is 0.345. The second-order valence-corrected chi connectivity index (χ2v) is 19.4. The first-order valence-electron chi connectivity index (χ1n) is 28.7. The predicted octanol–water partition coefficient (Wildman–Crippen LogP) is 19.5. The van der Waals surface area contributed by atoms with Gasteiger partial charge in [0.15, 0.2) is 0 Å². The number of carbonyl (C=O) groups excluding carboxylic acids is 2. The molecular formula is C58H112O6. The molecule has 0 aliphatic heterocycles. The van der Waals surface area contributed by atoms with E-state index in [0.717, 1.165) is 38.5 Å². The van der Waals surface area contributed by atoms with E-state index in [2.05, 4.69) is 20.8 Å². The van der Waals surface area contributed by atoms with Crippen LogP contribution in [0.25, 0.3) is 0 Å². The number of carboxylic acid groups (broad SMARTS) is 1. The van der Waals surface area contributed by atoms with E-state index in [0.29, 0.717) is 19.6 Å². The Kier molecular flexibility index (Phi) is 59.4. The lowest BCUT2D eigenvalue weighted by atomic mass is 10.0. The highest BCUT2D eigenvalue weighted by atomic mass is 16.5. The fourth-order valence-electron chi connectivity index (χ4n) is 8.53. The van der Waals surface area contributed by atoms with Gasteiger partial charge in [0.2, 0.25) is 0 Å². The van der Waals surface area contributed by atoms with E-state index >= 15 is 0 Å². The molecule has 380 valence electrons. The second kappa shape index (κ2) is 59.2. The van der Waals surface area contributed by atoms with Crippen LogP contribution in [0.1, 0.15) is 329 Å². The summed E-state index contributed by atoms with van der Waals surface area (Å²) in [4.78, 5) is 34.0. The van der Waals surface area contributed by atoms with Gasteiger partial charge < -0.3 is 14.6 Å². The molecule has 0 atom stereocenters. The third-order valence-electron chi connectivity index (χ3n) is 12.8. The van der Waals surface area contributed by atoms with Crippen LogP contribution >= 0.6 is 0 Å². The van der Waals surface area contributed by atoms with Crippen LogP contribution in [0.5, 0.6) is 0 Å². The van der Waals surface area contributed by atoms with Gasteiger partial charge in [-0.3, -0.25) is 4.79 Å². The largest absolute Gasteiger partial charge is 0.481 e. The lowest BCUT2D eigenvalue weighted by Crippen LogP contribution is -2.06. The zero-order chi connectivity index (χ0) is 46.9. The van der Waals surface area contributed by atoms with Crippen LogP contribution in [-0.2, 0) is 23.9 Å². The lowest BCUT2D eigenvalue weighted by molar-refractivity contribution is -0.140. The van der Waals surface area contributed by atoms with Crippen LogP contribution in [0.2, 0.25) is 0 Å². The molecule has 0 aliphatic rings. The molecule has 0 aromatic rings. The molecule has 0 aliphatic carbocycles. The van der Waals surface area contributed by atoms with Crippen LogP contribution in [0, 0.1) is 0 Å². The highest BCUT2D eigenvalue weighted by Gasteiger charge is 2.03. The van der Waals surface area contributed by atoms with Gasteiger partial charge >= 0.3 is 17.9 Å². The minimum Gasteiger partial charge on any atom is -0.481 e. The Balaban J connectivity index is 0. The number of aliphatic carboxylic acids is 1. The Morgan fingerprint density at radius 3 is 0.641 bits per heavy atom. The molecule has 0 heterocycles. The Morgan fingerprint density at radius 2 is 0.453 bits per heavy atom. The van der Waals surface area contributed by atoms with Crippen molar-refractivity contribution in [1.82, 2.24) is 0 Å². The molecule has 0 bridgehead atoms. The first kappa shape index (κ1) is 64.2. The number of ether oxygens (including phenoxy) is 2. The molecule has 0 saturated carbocycles. The molecule has 0 aromatic heterocycles. The van der Waals surface area contributed by atoms with Crippen molar-refractivity contribution in [2.75, 3.05) is 13.2 Å². The van der Waals surface area contributed by atoms with Gasteiger partial charge in [0.1, 0.15) is 0 Å². The predicted molar refractivity (Wildman–Crippen MR) is 277 cm³/mol. The van der Waals surface area contributed by atoms with Gasteiger partial charge in [0.05, 0.1) is 13.2 Å². The summed E-state index contributed by atoms with van der Waals surface area (Å²) in [7, 11) is 0. The van der Waals surface area contributed by atoms with E-state index in [1.165, 1.54) is 275 Å². The van der Waals surface area contributed by atoms with Crippen LogP contribution < -0.4 is 0 Å². The second-order valence-electron chi connectivity index (χ2n) is 19.4. The van der Waals surface area contributed by atoms with Crippen LogP contribution in [0.4, 0.5) is 0 Å². The summed E-state index contributed by atoms with van der Waals surface area (Å²) in [6.45, 7) is 7.68. The summed E-state index contributed by atoms with van der Waals surface area (Å²) in [6.07, 6.45) is 64.9. The topological polar surface area (TPSA) is 89.9 Å². The molecule has 0 aromatic carbocycles. The molecule has 0 unspecified atom stereocenters. The zero-order valence-electron chi connectivity index (χ0n) is 43.5. The fourth-order valence-corrected chi connectivity index (χ4v) is 8.53. The van der Waals surface area contributed by atoms with Crippen molar-refractivity contribution in [3.8, 4) is 0 Å². The maximum Gasteiger partial charge on any atom is 0.331 e. The maximum atomic E-state index is 11.8. The summed E-state index contributed by atoms with van der Waals surface area (Å²) >= 11 is 0. The Bertz CT molecular complexity index is 895. The average Bonchev–Trinajstić information content (AvgIpc) is 3.29.